The van der Waals surface area contributed by atoms with Crippen molar-refractivity contribution in [2.75, 3.05) is 6.61 Å². The summed E-state index contributed by atoms with van der Waals surface area (Å²) in [5, 5.41) is 0. The molecule has 0 bridgehead atoms. The van der Waals surface area contributed by atoms with Gasteiger partial charge in [-0.2, -0.15) is 0 Å². The first-order valence-electron chi connectivity index (χ1n) is 9.28. The van der Waals surface area contributed by atoms with Gasteiger partial charge in [0.05, 0.1) is 12.5 Å². The van der Waals surface area contributed by atoms with E-state index < -0.39 is 17.3 Å². The third-order valence-electron chi connectivity index (χ3n) is 5.16. The van der Waals surface area contributed by atoms with Crippen LogP contribution in [-0.4, -0.2) is 24.1 Å². The Hall–Kier alpha value is -1.97. The van der Waals surface area contributed by atoms with Gasteiger partial charge >= 0.3 is 5.97 Å². The lowest BCUT2D eigenvalue weighted by Crippen LogP contribution is -2.48. The van der Waals surface area contributed by atoms with Crippen molar-refractivity contribution in [3.05, 3.63) is 35.4 Å². The lowest BCUT2D eigenvalue weighted by Gasteiger charge is -2.37. The Bertz CT molecular complexity index is 632. The van der Waals surface area contributed by atoms with E-state index in [0.717, 1.165) is 18.4 Å². The Morgan fingerprint density at radius 1 is 1.20 bits per heavy atom. The average molecular weight is 344 g/mol. The van der Waals surface area contributed by atoms with Crippen LogP contribution in [0.15, 0.2) is 24.3 Å². The predicted octanol–water partition coefficient (Wildman–Crippen LogP) is 4.29. The fourth-order valence-corrected chi connectivity index (χ4v) is 3.67. The van der Waals surface area contributed by atoms with E-state index in [2.05, 4.69) is 0 Å². The normalized spacial score (nSPS) is 23.3. The highest BCUT2D eigenvalue weighted by molar-refractivity contribution is 6.17. The van der Waals surface area contributed by atoms with Gasteiger partial charge in [-0.15, -0.1) is 0 Å². The summed E-state index contributed by atoms with van der Waals surface area (Å²) in [5.41, 5.74) is 0.462. The van der Waals surface area contributed by atoms with Crippen molar-refractivity contribution in [2.24, 2.45) is 11.3 Å². The molecular weight excluding hydrogens is 316 g/mol. The maximum absolute atomic E-state index is 13.2. The molecule has 0 aliphatic heterocycles. The molecule has 1 aliphatic carbocycles. The lowest BCUT2D eigenvalue weighted by molar-refractivity contribution is -0.164. The number of rotatable bonds is 7. The molecule has 4 heteroatoms. The largest absolute Gasteiger partial charge is 0.465 e. The van der Waals surface area contributed by atoms with Crippen LogP contribution in [0.1, 0.15) is 68.3 Å². The monoisotopic (exact) mass is 344 g/mol. The summed E-state index contributed by atoms with van der Waals surface area (Å²) in [6.07, 6.45) is 3.83. The van der Waals surface area contributed by atoms with Crippen molar-refractivity contribution >= 4 is 17.5 Å². The van der Waals surface area contributed by atoms with Crippen molar-refractivity contribution < 1.29 is 19.1 Å². The zero-order chi connectivity index (χ0) is 18.4. The van der Waals surface area contributed by atoms with Crippen LogP contribution in [0, 0.1) is 18.3 Å². The van der Waals surface area contributed by atoms with Crippen molar-refractivity contribution in [2.45, 2.75) is 59.3 Å². The van der Waals surface area contributed by atoms with E-state index in [1.54, 1.807) is 19.1 Å². The summed E-state index contributed by atoms with van der Waals surface area (Å²) in [4.78, 5) is 38.8. The molecule has 0 heterocycles. The topological polar surface area (TPSA) is 60.4 Å². The molecule has 0 N–H and O–H groups in total. The van der Waals surface area contributed by atoms with E-state index in [9.17, 15) is 14.4 Å². The number of carbonyl (C=O) groups is 3. The van der Waals surface area contributed by atoms with Crippen molar-refractivity contribution in [3.63, 3.8) is 0 Å². The maximum atomic E-state index is 13.2. The summed E-state index contributed by atoms with van der Waals surface area (Å²) in [7, 11) is 0. The van der Waals surface area contributed by atoms with Gasteiger partial charge in [-0.05, 0) is 33.1 Å². The van der Waals surface area contributed by atoms with Crippen LogP contribution in [0.25, 0.3) is 0 Å². The Balaban J connectivity index is 2.31. The third kappa shape index (κ3) is 4.00. The number of esters is 1. The molecule has 1 fully saturated rings. The molecule has 2 rings (SSSR count). The molecule has 136 valence electrons. The SMILES string of the molecule is CCCC[C@@]1(C(=O)OCC)CCCC(C(=O)c2ccc(C)cc2)C1=O. The third-order valence-corrected chi connectivity index (χ3v) is 5.16. The molecule has 1 aromatic carbocycles. The van der Waals surface area contributed by atoms with Crippen LogP contribution in [-0.2, 0) is 14.3 Å². The first-order chi connectivity index (χ1) is 12.0. The summed E-state index contributed by atoms with van der Waals surface area (Å²) in [6.45, 7) is 5.97. The zero-order valence-electron chi connectivity index (χ0n) is 15.5. The Labute approximate surface area is 149 Å². The summed E-state index contributed by atoms with van der Waals surface area (Å²) in [5.74, 6) is -1.60. The van der Waals surface area contributed by atoms with Crippen LogP contribution in [0.2, 0.25) is 0 Å². The van der Waals surface area contributed by atoms with Gasteiger partial charge in [0.2, 0.25) is 0 Å². The van der Waals surface area contributed by atoms with Crippen LogP contribution < -0.4 is 0 Å². The number of hydrogen-bond donors (Lipinski definition) is 0. The maximum Gasteiger partial charge on any atom is 0.319 e. The van der Waals surface area contributed by atoms with Crippen LogP contribution in [0.4, 0.5) is 0 Å². The van der Waals surface area contributed by atoms with E-state index >= 15 is 0 Å². The number of benzene rings is 1. The zero-order valence-corrected chi connectivity index (χ0v) is 15.5. The predicted molar refractivity (Wildman–Crippen MR) is 96.4 cm³/mol. The van der Waals surface area contributed by atoms with E-state index in [1.807, 2.05) is 26.0 Å². The number of Topliss-reactive ketones (excluding diaryl/α,β-unsaturated/α-hetero) is 2. The van der Waals surface area contributed by atoms with Crippen LogP contribution in [0.3, 0.4) is 0 Å². The van der Waals surface area contributed by atoms with Gasteiger partial charge in [0.15, 0.2) is 11.6 Å². The lowest BCUT2D eigenvalue weighted by atomic mass is 9.64. The number of hydrogen-bond acceptors (Lipinski definition) is 4. The molecule has 1 saturated carbocycles. The molecule has 0 saturated heterocycles. The summed E-state index contributed by atoms with van der Waals surface area (Å²) in [6, 6.07) is 7.27. The highest BCUT2D eigenvalue weighted by atomic mass is 16.5. The number of unbranched alkanes of at least 4 members (excludes halogenated alkanes) is 1. The van der Waals surface area contributed by atoms with Crippen molar-refractivity contribution in [1.29, 1.82) is 0 Å². The second-order valence-corrected chi connectivity index (χ2v) is 6.95. The molecule has 0 spiro atoms. The van der Waals surface area contributed by atoms with E-state index in [1.165, 1.54) is 0 Å². The summed E-state index contributed by atoms with van der Waals surface area (Å²) >= 11 is 0. The highest BCUT2D eigenvalue weighted by Crippen LogP contribution is 2.42. The van der Waals surface area contributed by atoms with Crippen molar-refractivity contribution in [3.8, 4) is 0 Å². The highest BCUT2D eigenvalue weighted by Gasteiger charge is 2.52. The van der Waals surface area contributed by atoms with Gasteiger partial charge in [-0.3, -0.25) is 14.4 Å². The van der Waals surface area contributed by atoms with Crippen LogP contribution >= 0.6 is 0 Å². The minimum absolute atomic E-state index is 0.171. The molecule has 0 radical (unpaired) electrons. The Morgan fingerprint density at radius 2 is 1.88 bits per heavy atom. The van der Waals surface area contributed by atoms with Crippen molar-refractivity contribution in [1.82, 2.24) is 0 Å². The molecule has 1 unspecified atom stereocenters. The molecule has 0 amide bonds. The van der Waals surface area contributed by atoms with Gasteiger partial charge in [0.1, 0.15) is 5.41 Å². The van der Waals surface area contributed by atoms with Gasteiger partial charge in [0.25, 0.3) is 0 Å². The first-order valence-corrected chi connectivity index (χ1v) is 9.28. The minimum atomic E-state index is -1.14. The molecule has 1 aromatic rings. The van der Waals surface area contributed by atoms with Gasteiger partial charge in [-0.25, -0.2) is 0 Å². The Kier molecular flexibility index (Phi) is 6.51. The molecule has 1 aliphatic rings. The van der Waals surface area contributed by atoms with E-state index in [-0.39, 0.29) is 18.2 Å². The van der Waals surface area contributed by atoms with Gasteiger partial charge < -0.3 is 4.74 Å². The number of aryl methyl sites for hydroxylation is 1. The average Bonchev–Trinajstić information content (AvgIpc) is 2.61. The van der Waals surface area contributed by atoms with Crippen LogP contribution in [0.5, 0.6) is 0 Å². The first kappa shape index (κ1) is 19.4. The minimum Gasteiger partial charge on any atom is -0.465 e. The fourth-order valence-electron chi connectivity index (χ4n) is 3.67. The van der Waals surface area contributed by atoms with Gasteiger partial charge in [0, 0.05) is 5.56 Å². The second kappa shape index (κ2) is 8.41. The number of ketones is 2. The van der Waals surface area contributed by atoms with Gasteiger partial charge in [-0.1, -0.05) is 56.0 Å². The fraction of sp³-hybridized carbons (Fsp3) is 0.571. The standard InChI is InChI=1S/C21H28O4/c1-4-6-13-21(20(24)25-5-2)14-7-8-17(19(21)23)18(22)16-11-9-15(3)10-12-16/h9-12,17H,4-8,13-14H2,1-3H3/t17?,21-/m1/s1. The molecular formula is C21H28O4. The Morgan fingerprint density at radius 3 is 2.48 bits per heavy atom. The number of ether oxygens (including phenoxy) is 1. The molecule has 25 heavy (non-hydrogen) atoms. The molecule has 4 nitrogen and oxygen atoms in total. The molecule has 0 aromatic heterocycles. The number of carbonyl (C=O) groups excluding carboxylic acids is 3. The second-order valence-electron chi connectivity index (χ2n) is 6.95. The smallest absolute Gasteiger partial charge is 0.319 e. The van der Waals surface area contributed by atoms with E-state index in [4.69, 9.17) is 4.74 Å². The quantitative estimate of drug-likeness (QED) is 0.421. The molecule has 2 atom stereocenters. The summed E-state index contributed by atoms with van der Waals surface area (Å²) < 4.78 is 5.23. The van der Waals surface area contributed by atoms with E-state index in [0.29, 0.717) is 31.2 Å².